The van der Waals surface area contributed by atoms with E-state index in [1.807, 2.05) is 0 Å². The van der Waals surface area contributed by atoms with Crippen LogP contribution in [0, 0.1) is 5.82 Å². The molecule has 19 heavy (non-hydrogen) atoms. The van der Waals surface area contributed by atoms with Gasteiger partial charge in [0.2, 0.25) is 5.91 Å². The molecular formula is C13H16ClFN2O2. The molecule has 0 aliphatic carbocycles. The Balaban J connectivity index is 2.01. The Morgan fingerprint density at radius 3 is 2.84 bits per heavy atom. The van der Waals surface area contributed by atoms with Crippen LogP contribution in [0.1, 0.15) is 6.92 Å². The molecule has 1 N–H and O–H groups in total. The van der Waals surface area contributed by atoms with Gasteiger partial charge in [-0.1, -0.05) is 11.6 Å². The molecule has 6 heteroatoms. The largest absolute Gasteiger partial charge is 0.378 e. The predicted octanol–water partition coefficient (Wildman–Crippen LogP) is 2.14. The van der Waals surface area contributed by atoms with Crippen LogP contribution < -0.4 is 5.32 Å². The summed E-state index contributed by atoms with van der Waals surface area (Å²) in [6.45, 7) is 4.01. The predicted molar refractivity (Wildman–Crippen MR) is 71.9 cm³/mol. The number of ether oxygens (including phenoxy) is 1. The lowest BCUT2D eigenvalue weighted by Gasteiger charge is -2.29. The van der Waals surface area contributed by atoms with E-state index in [9.17, 15) is 9.18 Å². The normalized spacial score (nSPS) is 17.1. The van der Waals surface area contributed by atoms with Crippen molar-refractivity contribution in [1.29, 1.82) is 0 Å². The van der Waals surface area contributed by atoms with Gasteiger partial charge in [0.05, 0.1) is 23.9 Å². The molecule has 1 unspecified atom stereocenters. The molecule has 0 radical (unpaired) electrons. The number of anilines is 1. The number of benzene rings is 1. The fourth-order valence-electron chi connectivity index (χ4n) is 1.96. The molecule has 1 aliphatic rings. The Kier molecular flexibility index (Phi) is 4.61. The van der Waals surface area contributed by atoms with E-state index in [0.29, 0.717) is 37.0 Å². The van der Waals surface area contributed by atoms with Crippen molar-refractivity contribution in [2.75, 3.05) is 31.6 Å². The van der Waals surface area contributed by atoms with Crippen LogP contribution in [0.25, 0.3) is 0 Å². The van der Waals surface area contributed by atoms with Gasteiger partial charge in [-0.3, -0.25) is 4.79 Å². The van der Waals surface area contributed by atoms with Gasteiger partial charge in [-0.15, -0.1) is 0 Å². The van der Waals surface area contributed by atoms with Crippen LogP contribution in [0.3, 0.4) is 0 Å². The minimum absolute atomic E-state index is 0.0383. The third-order valence-corrected chi connectivity index (χ3v) is 3.32. The number of nitrogens with zero attached hydrogens (tertiary/aromatic N) is 1. The van der Waals surface area contributed by atoms with Crippen molar-refractivity contribution in [3.63, 3.8) is 0 Å². The van der Waals surface area contributed by atoms with Crippen molar-refractivity contribution < 1.29 is 13.9 Å². The summed E-state index contributed by atoms with van der Waals surface area (Å²) in [5.74, 6) is -0.429. The fourth-order valence-corrected chi connectivity index (χ4v) is 2.13. The quantitative estimate of drug-likeness (QED) is 0.926. The van der Waals surface area contributed by atoms with Gasteiger partial charge in [-0.05, 0) is 25.1 Å². The maximum atomic E-state index is 13.1. The first-order valence-corrected chi connectivity index (χ1v) is 6.54. The molecule has 0 spiro atoms. The van der Waals surface area contributed by atoms with Gasteiger partial charge >= 0.3 is 0 Å². The zero-order valence-corrected chi connectivity index (χ0v) is 11.4. The topological polar surface area (TPSA) is 41.6 Å². The Bertz CT molecular complexity index is 464. The number of amides is 1. The average molecular weight is 287 g/mol. The molecule has 1 atom stereocenters. The molecule has 1 aromatic carbocycles. The molecular weight excluding hydrogens is 271 g/mol. The number of hydrogen-bond donors (Lipinski definition) is 1. The smallest absolute Gasteiger partial charge is 0.244 e. The van der Waals surface area contributed by atoms with Crippen molar-refractivity contribution in [2.24, 2.45) is 0 Å². The highest BCUT2D eigenvalue weighted by Crippen LogP contribution is 2.23. The zero-order valence-electron chi connectivity index (χ0n) is 10.7. The van der Waals surface area contributed by atoms with Gasteiger partial charge in [-0.25, -0.2) is 4.39 Å². The molecule has 0 bridgehead atoms. The molecule has 1 aliphatic heterocycles. The number of carbonyl (C=O) groups is 1. The Morgan fingerprint density at radius 2 is 2.16 bits per heavy atom. The van der Waals surface area contributed by atoms with E-state index in [0.717, 1.165) is 0 Å². The number of hydrogen-bond acceptors (Lipinski definition) is 3. The van der Waals surface area contributed by atoms with Crippen molar-refractivity contribution in [3.05, 3.63) is 29.0 Å². The van der Waals surface area contributed by atoms with Gasteiger partial charge in [0.25, 0.3) is 0 Å². The highest BCUT2D eigenvalue weighted by molar-refractivity contribution is 6.33. The van der Waals surface area contributed by atoms with Crippen LogP contribution in [0.5, 0.6) is 0 Å². The number of rotatable bonds is 3. The SMILES string of the molecule is CC(Nc1cc(F)ccc1Cl)C(=O)N1CCOCC1. The van der Waals surface area contributed by atoms with Crippen molar-refractivity contribution >= 4 is 23.2 Å². The molecule has 4 nitrogen and oxygen atoms in total. The van der Waals surface area contributed by atoms with Gasteiger partial charge in [0.15, 0.2) is 0 Å². The van der Waals surface area contributed by atoms with E-state index in [4.69, 9.17) is 16.3 Å². The number of nitrogens with one attached hydrogen (secondary N) is 1. The number of halogens is 2. The van der Waals surface area contributed by atoms with Crippen LogP contribution in [-0.4, -0.2) is 43.2 Å². The Hall–Kier alpha value is -1.33. The first-order chi connectivity index (χ1) is 9.08. The van der Waals surface area contributed by atoms with E-state index < -0.39 is 11.9 Å². The molecule has 104 valence electrons. The third kappa shape index (κ3) is 3.58. The van der Waals surface area contributed by atoms with E-state index >= 15 is 0 Å². The first kappa shape index (κ1) is 14.1. The molecule has 2 rings (SSSR count). The first-order valence-electron chi connectivity index (χ1n) is 6.16. The minimum atomic E-state index is -0.461. The molecule has 1 fully saturated rings. The highest BCUT2D eigenvalue weighted by atomic mass is 35.5. The minimum Gasteiger partial charge on any atom is -0.378 e. The molecule has 0 aromatic heterocycles. The zero-order chi connectivity index (χ0) is 13.8. The second-order valence-electron chi connectivity index (χ2n) is 4.43. The molecule has 1 aromatic rings. The van der Waals surface area contributed by atoms with Gasteiger partial charge in [0, 0.05) is 13.1 Å². The molecule has 1 saturated heterocycles. The van der Waals surface area contributed by atoms with E-state index in [1.54, 1.807) is 11.8 Å². The summed E-state index contributed by atoms with van der Waals surface area (Å²) in [6, 6.07) is 3.57. The third-order valence-electron chi connectivity index (χ3n) is 2.99. The maximum absolute atomic E-state index is 13.1. The van der Waals surface area contributed by atoms with Gasteiger partial charge in [0.1, 0.15) is 11.9 Å². The maximum Gasteiger partial charge on any atom is 0.244 e. The Labute approximate surface area is 116 Å². The highest BCUT2D eigenvalue weighted by Gasteiger charge is 2.22. The van der Waals surface area contributed by atoms with E-state index in [2.05, 4.69) is 5.32 Å². The van der Waals surface area contributed by atoms with Crippen molar-refractivity contribution in [3.8, 4) is 0 Å². The average Bonchev–Trinajstić information content (AvgIpc) is 2.43. The second-order valence-corrected chi connectivity index (χ2v) is 4.84. The van der Waals surface area contributed by atoms with Crippen molar-refractivity contribution in [2.45, 2.75) is 13.0 Å². The summed E-state index contributed by atoms with van der Waals surface area (Å²) >= 11 is 5.96. The molecule has 1 amide bonds. The summed E-state index contributed by atoms with van der Waals surface area (Å²) in [4.78, 5) is 13.9. The molecule has 0 saturated carbocycles. The van der Waals surface area contributed by atoms with Crippen LogP contribution in [0.2, 0.25) is 5.02 Å². The van der Waals surface area contributed by atoms with E-state index in [1.165, 1.54) is 18.2 Å². The number of carbonyl (C=O) groups excluding carboxylic acids is 1. The molecule has 1 heterocycles. The summed E-state index contributed by atoms with van der Waals surface area (Å²) < 4.78 is 18.3. The summed E-state index contributed by atoms with van der Waals surface area (Å²) in [5.41, 5.74) is 0.427. The summed E-state index contributed by atoms with van der Waals surface area (Å²) in [6.07, 6.45) is 0. The fraction of sp³-hybridized carbons (Fsp3) is 0.462. The standard InChI is InChI=1S/C13H16ClFN2O2/c1-9(13(18)17-4-6-19-7-5-17)16-12-8-10(15)2-3-11(12)14/h2-3,8-9,16H,4-7H2,1H3. The lowest BCUT2D eigenvalue weighted by molar-refractivity contribution is -0.135. The second kappa shape index (κ2) is 6.21. The monoisotopic (exact) mass is 286 g/mol. The van der Waals surface area contributed by atoms with E-state index in [-0.39, 0.29) is 5.91 Å². The Morgan fingerprint density at radius 1 is 1.47 bits per heavy atom. The lowest BCUT2D eigenvalue weighted by Crippen LogP contribution is -2.47. The van der Waals surface area contributed by atoms with Crippen LogP contribution >= 0.6 is 11.6 Å². The van der Waals surface area contributed by atoms with Gasteiger partial charge < -0.3 is 15.0 Å². The van der Waals surface area contributed by atoms with Crippen LogP contribution in [0.15, 0.2) is 18.2 Å². The number of morpholine rings is 1. The van der Waals surface area contributed by atoms with Crippen LogP contribution in [-0.2, 0) is 9.53 Å². The van der Waals surface area contributed by atoms with Gasteiger partial charge in [-0.2, -0.15) is 0 Å². The summed E-state index contributed by atoms with van der Waals surface area (Å²) in [5, 5.41) is 3.34. The lowest BCUT2D eigenvalue weighted by atomic mass is 10.2. The van der Waals surface area contributed by atoms with Crippen molar-refractivity contribution in [1.82, 2.24) is 4.90 Å². The summed E-state index contributed by atoms with van der Waals surface area (Å²) in [7, 11) is 0. The van der Waals surface area contributed by atoms with Crippen LogP contribution in [0.4, 0.5) is 10.1 Å².